The summed E-state index contributed by atoms with van der Waals surface area (Å²) in [6.07, 6.45) is 0. The second-order valence-electron chi connectivity index (χ2n) is 3.92. The van der Waals surface area contributed by atoms with Crippen molar-refractivity contribution in [2.45, 2.75) is 6.67 Å². The maximum atomic E-state index is 4.13. The molecule has 90 valence electrons. The van der Waals surface area contributed by atoms with Crippen molar-refractivity contribution in [3.05, 3.63) is 53.0 Å². The summed E-state index contributed by atoms with van der Waals surface area (Å²) < 4.78 is 2.90. The molecule has 3 aromatic rings. The second kappa shape index (κ2) is 4.78. The number of aromatic nitrogens is 3. The van der Waals surface area contributed by atoms with Gasteiger partial charge in [-0.25, -0.2) is 4.68 Å². The molecule has 0 aliphatic rings. The van der Waals surface area contributed by atoms with Crippen molar-refractivity contribution in [1.82, 2.24) is 15.0 Å². The van der Waals surface area contributed by atoms with E-state index >= 15 is 0 Å². The van der Waals surface area contributed by atoms with E-state index in [9.17, 15) is 0 Å². The highest BCUT2D eigenvalue weighted by atomic mass is 79.9. The van der Waals surface area contributed by atoms with Crippen molar-refractivity contribution in [3.8, 4) is 0 Å². The van der Waals surface area contributed by atoms with Crippen molar-refractivity contribution in [3.63, 3.8) is 0 Å². The van der Waals surface area contributed by atoms with Gasteiger partial charge in [0.2, 0.25) is 0 Å². The van der Waals surface area contributed by atoms with Gasteiger partial charge in [-0.15, -0.1) is 5.10 Å². The summed E-state index contributed by atoms with van der Waals surface area (Å²) in [6, 6.07) is 15.9. The number of para-hydroxylation sites is 1. The molecule has 1 N–H and O–H groups in total. The van der Waals surface area contributed by atoms with E-state index in [1.807, 2.05) is 53.2 Å². The van der Waals surface area contributed by atoms with E-state index in [4.69, 9.17) is 0 Å². The third kappa shape index (κ3) is 2.22. The fourth-order valence-electron chi connectivity index (χ4n) is 1.80. The quantitative estimate of drug-likeness (QED) is 0.807. The zero-order valence-corrected chi connectivity index (χ0v) is 11.1. The van der Waals surface area contributed by atoms with E-state index in [2.05, 4.69) is 31.6 Å². The molecule has 0 aliphatic heterocycles. The van der Waals surface area contributed by atoms with Crippen molar-refractivity contribution in [2.24, 2.45) is 0 Å². The van der Waals surface area contributed by atoms with Crippen LogP contribution in [0.25, 0.3) is 11.0 Å². The SMILES string of the molecule is Brc1cccc(NCn2nnc3ccccc32)c1. The smallest absolute Gasteiger partial charge is 0.113 e. The Balaban J connectivity index is 1.81. The van der Waals surface area contributed by atoms with Crippen LogP contribution in [0.1, 0.15) is 0 Å². The molecule has 0 saturated carbocycles. The Morgan fingerprint density at radius 3 is 2.89 bits per heavy atom. The summed E-state index contributed by atoms with van der Waals surface area (Å²) in [5, 5.41) is 11.5. The number of fused-ring (bicyclic) bond motifs is 1. The molecule has 0 amide bonds. The topological polar surface area (TPSA) is 42.7 Å². The third-order valence-corrected chi connectivity index (χ3v) is 3.17. The fourth-order valence-corrected chi connectivity index (χ4v) is 2.20. The van der Waals surface area contributed by atoms with Gasteiger partial charge in [0.1, 0.15) is 12.2 Å². The molecule has 0 unspecified atom stereocenters. The van der Waals surface area contributed by atoms with Crippen LogP contribution in [0, 0.1) is 0 Å². The Morgan fingerprint density at radius 1 is 1.11 bits per heavy atom. The van der Waals surface area contributed by atoms with Gasteiger partial charge in [-0.05, 0) is 30.3 Å². The summed E-state index contributed by atoms with van der Waals surface area (Å²) in [5.41, 5.74) is 2.98. The van der Waals surface area contributed by atoms with Gasteiger partial charge in [-0.2, -0.15) is 0 Å². The zero-order chi connectivity index (χ0) is 12.4. The molecule has 18 heavy (non-hydrogen) atoms. The second-order valence-corrected chi connectivity index (χ2v) is 4.84. The molecular formula is C13H11BrN4. The molecule has 5 heteroatoms. The zero-order valence-electron chi connectivity index (χ0n) is 9.55. The predicted molar refractivity (Wildman–Crippen MR) is 75.3 cm³/mol. The van der Waals surface area contributed by atoms with Crippen molar-refractivity contribution < 1.29 is 0 Å². The minimum Gasteiger partial charge on any atom is -0.366 e. The lowest BCUT2D eigenvalue weighted by atomic mass is 10.3. The first-order chi connectivity index (χ1) is 8.83. The summed E-state index contributed by atoms with van der Waals surface area (Å²) in [6.45, 7) is 0.594. The molecule has 0 radical (unpaired) electrons. The molecule has 0 atom stereocenters. The monoisotopic (exact) mass is 302 g/mol. The standard InChI is InChI=1S/C13H11BrN4/c14-10-4-3-5-11(8-10)15-9-18-13-7-2-1-6-12(13)16-17-18/h1-8,15H,9H2. The highest BCUT2D eigenvalue weighted by Crippen LogP contribution is 2.16. The first kappa shape index (κ1) is 11.2. The van der Waals surface area contributed by atoms with E-state index in [0.29, 0.717) is 6.67 Å². The van der Waals surface area contributed by atoms with Crippen molar-refractivity contribution >= 4 is 32.7 Å². The van der Waals surface area contributed by atoms with Gasteiger partial charge < -0.3 is 5.32 Å². The van der Waals surface area contributed by atoms with Crippen LogP contribution >= 0.6 is 15.9 Å². The Morgan fingerprint density at radius 2 is 2.00 bits per heavy atom. The molecule has 0 bridgehead atoms. The molecule has 0 fully saturated rings. The molecule has 1 aromatic heterocycles. The first-order valence-electron chi connectivity index (χ1n) is 5.60. The highest BCUT2D eigenvalue weighted by Gasteiger charge is 2.02. The van der Waals surface area contributed by atoms with Gasteiger partial charge in [-0.3, -0.25) is 0 Å². The normalized spacial score (nSPS) is 10.7. The number of halogens is 1. The van der Waals surface area contributed by atoms with Crippen LogP contribution in [-0.2, 0) is 6.67 Å². The predicted octanol–water partition coefficient (Wildman–Crippen LogP) is 3.26. The van der Waals surface area contributed by atoms with E-state index in [0.717, 1.165) is 21.2 Å². The Kier molecular flexibility index (Phi) is 2.98. The number of nitrogens with one attached hydrogen (secondary N) is 1. The lowest BCUT2D eigenvalue weighted by Gasteiger charge is -2.07. The van der Waals surface area contributed by atoms with E-state index < -0.39 is 0 Å². The van der Waals surface area contributed by atoms with Crippen LogP contribution in [-0.4, -0.2) is 15.0 Å². The average molecular weight is 303 g/mol. The van der Waals surface area contributed by atoms with Crippen LogP contribution in [0.15, 0.2) is 53.0 Å². The van der Waals surface area contributed by atoms with E-state index in [-0.39, 0.29) is 0 Å². The van der Waals surface area contributed by atoms with Gasteiger partial charge in [0.05, 0.1) is 5.52 Å². The van der Waals surface area contributed by atoms with Gasteiger partial charge in [-0.1, -0.05) is 39.3 Å². The maximum Gasteiger partial charge on any atom is 0.113 e. The lowest BCUT2D eigenvalue weighted by molar-refractivity contribution is 0.655. The Labute approximate surface area is 113 Å². The number of hydrogen-bond acceptors (Lipinski definition) is 3. The van der Waals surface area contributed by atoms with E-state index in [1.54, 1.807) is 0 Å². The molecule has 2 aromatic carbocycles. The molecule has 3 rings (SSSR count). The average Bonchev–Trinajstić information content (AvgIpc) is 2.80. The van der Waals surface area contributed by atoms with E-state index in [1.165, 1.54) is 0 Å². The number of benzene rings is 2. The molecule has 1 heterocycles. The van der Waals surface area contributed by atoms with Gasteiger partial charge in [0, 0.05) is 10.2 Å². The molecule has 0 saturated heterocycles. The number of hydrogen-bond donors (Lipinski definition) is 1. The van der Waals surface area contributed by atoms with Crippen LogP contribution < -0.4 is 5.32 Å². The Hall–Kier alpha value is -1.88. The summed E-state index contributed by atoms with van der Waals surface area (Å²) in [5.74, 6) is 0. The number of anilines is 1. The fraction of sp³-hybridized carbons (Fsp3) is 0.0769. The van der Waals surface area contributed by atoms with Crippen LogP contribution in [0.5, 0.6) is 0 Å². The Bertz CT molecular complexity index is 677. The summed E-state index contributed by atoms with van der Waals surface area (Å²) >= 11 is 3.45. The van der Waals surface area contributed by atoms with Crippen LogP contribution in [0.3, 0.4) is 0 Å². The largest absolute Gasteiger partial charge is 0.366 e. The minimum atomic E-state index is 0.594. The maximum absolute atomic E-state index is 4.13. The van der Waals surface area contributed by atoms with Crippen molar-refractivity contribution in [1.29, 1.82) is 0 Å². The van der Waals surface area contributed by atoms with Crippen LogP contribution in [0.4, 0.5) is 5.69 Å². The molecule has 0 aliphatic carbocycles. The number of rotatable bonds is 3. The van der Waals surface area contributed by atoms with Crippen LogP contribution in [0.2, 0.25) is 0 Å². The van der Waals surface area contributed by atoms with Crippen molar-refractivity contribution in [2.75, 3.05) is 5.32 Å². The first-order valence-corrected chi connectivity index (χ1v) is 6.40. The van der Waals surface area contributed by atoms with Gasteiger partial charge >= 0.3 is 0 Å². The summed E-state index contributed by atoms with van der Waals surface area (Å²) in [7, 11) is 0. The molecule has 0 spiro atoms. The molecular weight excluding hydrogens is 292 g/mol. The molecule has 4 nitrogen and oxygen atoms in total. The lowest BCUT2D eigenvalue weighted by Crippen LogP contribution is -2.09. The van der Waals surface area contributed by atoms with Gasteiger partial charge in [0.15, 0.2) is 0 Å². The summed E-state index contributed by atoms with van der Waals surface area (Å²) in [4.78, 5) is 0. The highest BCUT2D eigenvalue weighted by molar-refractivity contribution is 9.10. The van der Waals surface area contributed by atoms with Gasteiger partial charge in [0.25, 0.3) is 0 Å². The third-order valence-electron chi connectivity index (χ3n) is 2.68. The minimum absolute atomic E-state index is 0.594. The number of nitrogens with zero attached hydrogens (tertiary/aromatic N) is 3.